The van der Waals surface area contributed by atoms with Gasteiger partial charge < -0.3 is 10.2 Å². The number of hydrogen-bond acceptors (Lipinski definition) is 2. The molecule has 0 aromatic heterocycles. The lowest BCUT2D eigenvalue weighted by Gasteiger charge is -2.20. The monoisotopic (exact) mass is 196 g/mol. The van der Waals surface area contributed by atoms with Crippen LogP contribution in [0.5, 0.6) is 0 Å². The van der Waals surface area contributed by atoms with Crippen LogP contribution in [0.1, 0.15) is 32.6 Å². The highest BCUT2D eigenvalue weighted by Crippen LogP contribution is 2.25. The van der Waals surface area contributed by atoms with E-state index in [1.165, 1.54) is 45.3 Å². The van der Waals surface area contributed by atoms with Crippen LogP contribution in [0, 0.1) is 11.8 Å². The first-order valence-electron chi connectivity index (χ1n) is 6.17. The Morgan fingerprint density at radius 3 is 2.71 bits per heavy atom. The second kappa shape index (κ2) is 4.63. The van der Waals surface area contributed by atoms with Crippen molar-refractivity contribution < 1.29 is 0 Å². The molecular weight excluding hydrogens is 172 g/mol. The van der Waals surface area contributed by atoms with Crippen molar-refractivity contribution in [1.82, 2.24) is 10.2 Å². The normalized spacial score (nSPS) is 39.4. The Morgan fingerprint density at radius 1 is 1.29 bits per heavy atom. The highest BCUT2D eigenvalue weighted by Gasteiger charge is 2.25. The van der Waals surface area contributed by atoms with E-state index < -0.39 is 0 Å². The molecule has 3 unspecified atom stereocenters. The summed E-state index contributed by atoms with van der Waals surface area (Å²) in [6.45, 7) is 6.24. The second-order valence-corrected chi connectivity index (χ2v) is 5.34. The van der Waals surface area contributed by atoms with E-state index in [1.807, 2.05) is 0 Å². The number of nitrogens with zero attached hydrogens (tertiary/aromatic N) is 1. The summed E-state index contributed by atoms with van der Waals surface area (Å²) in [6, 6.07) is 0.820. The molecule has 2 aliphatic rings. The molecular formula is C12H24N2. The smallest absolute Gasteiger partial charge is 0.00928 e. The van der Waals surface area contributed by atoms with Crippen LogP contribution >= 0.6 is 0 Å². The summed E-state index contributed by atoms with van der Waals surface area (Å²) in [7, 11) is 2.23. The molecule has 1 saturated heterocycles. The van der Waals surface area contributed by atoms with Gasteiger partial charge in [0, 0.05) is 12.6 Å². The van der Waals surface area contributed by atoms with Crippen LogP contribution < -0.4 is 5.32 Å². The van der Waals surface area contributed by atoms with E-state index >= 15 is 0 Å². The van der Waals surface area contributed by atoms with Gasteiger partial charge in [-0.25, -0.2) is 0 Å². The Morgan fingerprint density at radius 2 is 2.14 bits per heavy atom. The third-order valence-corrected chi connectivity index (χ3v) is 4.02. The summed E-state index contributed by atoms with van der Waals surface area (Å²) < 4.78 is 0. The predicted octanol–water partition coefficient (Wildman–Crippen LogP) is 1.72. The lowest BCUT2D eigenvalue weighted by molar-refractivity contribution is 0.360. The minimum absolute atomic E-state index is 0.820. The number of nitrogens with one attached hydrogen (secondary N) is 1. The Hall–Kier alpha value is -0.0800. The van der Waals surface area contributed by atoms with E-state index in [-0.39, 0.29) is 0 Å². The number of hydrogen-bond donors (Lipinski definition) is 1. The van der Waals surface area contributed by atoms with Crippen molar-refractivity contribution in [2.24, 2.45) is 11.8 Å². The highest BCUT2D eigenvalue weighted by atomic mass is 15.1. The SMILES string of the molecule is CC1CCCC1NCC1CCN(C)C1. The summed E-state index contributed by atoms with van der Waals surface area (Å²) in [5.74, 6) is 1.82. The van der Waals surface area contributed by atoms with E-state index in [4.69, 9.17) is 0 Å². The van der Waals surface area contributed by atoms with Crippen molar-refractivity contribution in [3.63, 3.8) is 0 Å². The van der Waals surface area contributed by atoms with Crippen molar-refractivity contribution in [1.29, 1.82) is 0 Å². The molecule has 1 saturated carbocycles. The topological polar surface area (TPSA) is 15.3 Å². The van der Waals surface area contributed by atoms with Gasteiger partial charge in [-0.3, -0.25) is 0 Å². The van der Waals surface area contributed by atoms with Crippen molar-refractivity contribution in [2.75, 3.05) is 26.7 Å². The Kier molecular flexibility index (Phi) is 3.45. The lowest BCUT2D eigenvalue weighted by atomic mass is 10.0. The zero-order chi connectivity index (χ0) is 9.97. The molecule has 0 bridgehead atoms. The van der Waals surface area contributed by atoms with E-state index in [9.17, 15) is 0 Å². The zero-order valence-corrected chi connectivity index (χ0v) is 9.63. The standard InChI is InChI=1S/C12H24N2/c1-10-4-3-5-12(10)13-8-11-6-7-14(2)9-11/h10-13H,3-9H2,1-2H3. The maximum Gasteiger partial charge on any atom is 0.00928 e. The molecule has 0 aromatic carbocycles. The minimum Gasteiger partial charge on any atom is -0.313 e. The van der Waals surface area contributed by atoms with Gasteiger partial charge in [-0.2, -0.15) is 0 Å². The van der Waals surface area contributed by atoms with Crippen molar-refractivity contribution in [3.05, 3.63) is 0 Å². The fourth-order valence-electron chi connectivity index (χ4n) is 2.96. The molecule has 0 amide bonds. The van der Waals surface area contributed by atoms with Gasteiger partial charge in [-0.15, -0.1) is 0 Å². The summed E-state index contributed by atoms with van der Waals surface area (Å²) in [5.41, 5.74) is 0. The van der Waals surface area contributed by atoms with Crippen LogP contribution in [0.4, 0.5) is 0 Å². The molecule has 0 spiro atoms. The maximum absolute atomic E-state index is 3.77. The van der Waals surface area contributed by atoms with Crippen LogP contribution in [0.15, 0.2) is 0 Å². The Balaban J connectivity index is 1.67. The van der Waals surface area contributed by atoms with Crippen LogP contribution in [0.3, 0.4) is 0 Å². The zero-order valence-electron chi connectivity index (χ0n) is 9.63. The van der Waals surface area contributed by atoms with Gasteiger partial charge in [0.2, 0.25) is 0 Å². The molecule has 14 heavy (non-hydrogen) atoms. The molecule has 3 atom stereocenters. The van der Waals surface area contributed by atoms with Gasteiger partial charge >= 0.3 is 0 Å². The molecule has 2 nitrogen and oxygen atoms in total. The lowest BCUT2D eigenvalue weighted by Crippen LogP contribution is -2.35. The molecule has 1 aliphatic carbocycles. The molecule has 1 N–H and O–H groups in total. The summed E-state index contributed by atoms with van der Waals surface area (Å²) in [6.07, 6.45) is 5.67. The predicted molar refractivity (Wildman–Crippen MR) is 60.4 cm³/mol. The summed E-state index contributed by atoms with van der Waals surface area (Å²) in [5, 5.41) is 3.77. The Bertz CT molecular complexity index is 181. The van der Waals surface area contributed by atoms with Crippen LogP contribution in [0.2, 0.25) is 0 Å². The average molecular weight is 196 g/mol. The van der Waals surface area contributed by atoms with Crippen molar-refractivity contribution >= 4 is 0 Å². The molecule has 2 rings (SSSR count). The summed E-state index contributed by atoms with van der Waals surface area (Å²) >= 11 is 0. The van der Waals surface area contributed by atoms with E-state index in [0.717, 1.165) is 17.9 Å². The molecule has 1 heterocycles. The van der Waals surface area contributed by atoms with E-state index in [2.05, 4.69) is 24.2 Å². The third kappa shape index (κ3) is 2.48. The van der Waals surface area contributed by atoms with Crippen LogP contribution in [-0.2, 0) is 0 Å². The van der Waals surface area contributed by atoms with Gasteiger partial charge in [0.05, 0.1) is 0 Å². The maximum atomic E-state index is 3.77. The van der Waals surface area contributed by atoms with Gasteiger partial charge in [0.1, 0.15) is 0 Å². The molecule has 2 fully saturated rings. The largest absolute Gasteiger partial charge is 0.313 e. The first-order valence-corrected chi connectivity index (χ1v) is 6.17. The number of rotatable bonds is 3. The van der Waals surface area contributed by atoms with Crippen LogP contribution in [0.25, 0.3) is 0 Å². The van der Waals surface area contributed by atoms with Gasteiger partial charge in [0.15, 0.2) is 0 Å². The average Bonchev–Trinajstić information content (AvgIpc) is 2.72. The highest BCUT2D eigenvalue weighted by molar-refractivity contribution is 4.82. The molecule has 0 radical (unpaired) electrons. The van der Waals surface area contributed by atoms with Gasteiger partial charge in [0.25, 0.3) is 0 Å². The molecule has 1 aliphatic heterocycles. The summed E-state index contributed by atoms with van der Waals surface area (Å²) in [4.78, 5) is 2.45. The first-order chi connectivity index (χ1) is 6.75. The molecule has 0 aromatic rings. The van der Waals surface area contributed by atoms with Crippen molar-refractivity contribution in [3.8, 4) is 0 Å². The first kappa shape index (κ1) is 10.4. The van der Waals surface area contributed by atoms with E-state index in [1.54, 1.807) is 0 Å². The fourth-order valence-corrected chi connectivity index (χ4v) is 2.96. The van der Waals surface area contributed by atoms with Crippen LogP contribution in [-0.4, -0.2) is 37.6 Å². The Labute approximate surface area is 88.1 Å². The fraction of sp³-hybridized carbons (Fsp3) is 1.00. The van der Waals surface area contributed by atoms with Gasteiger partial charge in [-0.1, -0.05) is 13.3 Å². The van der Waals surface area contributed by atoms with Crippen molar-refractivity contribution in [2.45, 2.75) is 38.6 Å². The molecule has 82 valence electrons. The quantitative estimate of drug-likeness (QED) is 0.739. The number of likely N-dealkylation sites (tertiary alicyclic amines) is 1. The van der Waals surface area contributed by atoms with E-state index in [0.29, 0.717) is 0 Å². The minimum atomic E-state index is 0.820. The molecule has 2 heteroatoms. The van der Waals surface area contributed by atoms with Gasteiger partial charge in [-0.05, 0) is 51.2 Å². The second-order valence-electron chi connectivity index (χ2n) is 5.34. The third-order valence-electron chi connectivity index (χ3n) is 4.02.